The fraction of sp³-hybridized carbons (Fsp3) is 0.111. The molecule has 0 fully saturated rings. The summed E-state index contributed by atoms with van der Waals surface area (Å²) in [5, 5.41) is 0. The summed E-state index contributed by atoms with van der Waals surface area (Å²) in [5.74, 6) is 0. The molecule has 0 aliphatic heterocycles. The topological polar surface area (TPSA) is 52.0 Å². The number of fused-ring (bicyclic) bond motifs is 3. The van der Waals surface area contributed by atoms with Crippen LogP contribution in [-0.2, 0) is 5.41 Å². The lowest BCUT2D eigenvalue weighted by Crippen LogP contribution is -2.28. The highest BCUT2D eigenvalue weighted by Gasteiger charge is 2.46. The molecule has 29 heavy (non-hydrogen) atoms. The lowest BCUT2D eigenvalue weighted by atomic mass is 9.67. The maximum absolute atomic E-state index is 6.30. The van der Waals surface area contributed by atoms with Crippen LogP contribution >= 0.6 is 0 Å². The molecule has 2 heteroatoms. The highest BCUT2D eigenvalue weighted by molar-refractivity contribution is 5.88. The normalized spacial score (nSPS) is 13.7. The van der Waals surface area contributed by atoms with Crippen molar-refractivity contribution in [3.63, 3.8) is 0 Å². The molecule has 0 heterocycles. The predicted octanol–water partition coefficient (Wildman–Crippen LogP) is 5.83. The molecular weight excluding hydrogens is 352 g/mol. The molecule has 0 unspecified atom stereocenters. The molecule has 2 nitrogen and oxygen atoms in total. The second-order valence-corrected chi connectivity index (χ2v) is 8.09. The number of nitrogen functional groups attached to an aromatic ring is 2. The van der Waals surface area contributed by atoms with Crippen LogP contribution in [0.2, 0.25) is 0 Å². The van der Waals surface area contributed by atoms with Crippen LogP contribution in [0.5, 0.6) is 0 Å². The van der Waals surface area contributed by atoms with E-state index in [2.05, 4.69) is 86.6 Å². The fourth-order valence-electron chi connectivity index (χ4n) is 4.75. The van der Waals surface area contributed by atoms with Crippen LogP contribution in [0.1, 0.15) is 33.4 Å². The van der Waals surface area contributed by atoms with Gasteiger partial charge >= 0.3 is 0 Å². The van der Waals surface area contributed by atoms with E-state index in [1.165, 1.54) is 44.5 Å². The van der Waals surface area contributed by atoms with Gasteiger partial charge in [0, 0.05) is 11.4 Å². The lowest BCUT2D eigenvalue weighted by molar-refractivity contribution is 0.768. The molecule has 0 bridgehead atoms. The van der Waals surface area contributed by atoms with Crippen molar-refractivity contribution in [2.75, 3.05) is 11.5 Å². The highest BCUT2D eigenvalue weighted by Crippen LogP contribution is 2.56. The van der Waals surface area contributed by atoms with Gasteiger partial charge in [0.2, 0.25) is 0 Å². The minimum atomic E-state index is -0.448. The molecule has 4 aromatic rings. The summed E-state index contributed by atoms with van der Waals surface area (Å²) >= 11 is 0. The maximum atomic E-state index is 6.30. The number of benzene rings is 4. The van der Waals surface area contributed by atoms with Crippen LogP contribution < -0.4 is 11.5 Å². The fourth-order valence-corrected chi connectivity index (χ4v) is 4.75. The Morgan fingerprint density at radius 3 is 1.28 bits per heavy atom. The molecule has 1 aliphatic rings. The van der Waals surface area contributed by atoms with Crippen LogP contribution in [0.15, 0.2) is 84.9 Å². The monoisotopic (exact) mass is 376 g/mol. The first kappa shape index (κ1) is 17.6. The summed E-state index contributed by atoms with van der Waals surface area (Å²) in [6.07, 6.45) is 0. The summed E-state index contributed by atoms with van der Waals surface area (Å²) in [7, 11) is 0. The van der Waals surface area contributed by atoms with Crippen LogP contribution in [0.4, 0.5) is 11.4 Å². The van der Waals surface area contributed by atoms with E-state index >= 15 is 0 Å². The molecular formula is C27H24N2. The number of rotatable bonds is 2. The number of hydrogen-bond acceptors (Lipinski definition) is 2. The van der Waals surface area contributed by atoms with Gasteiger partial charge in [-0.2, -0.15) is 0 Å². The highest BCUT2D eigenvalue weighted by atomic mass is 14.6. The first-order valence-electron chi connectivity index (χ1n) is 9.95. The van der Waals surface area contributed by atoms with Gasteiger partial charge in [-0.25, -0.2) is 0 Å². The molecule has 0 atom stereocenters. The van der Waals surface area contributed by atoms with Gasteiger partial charge in [0.1, 0.15) is 0 Å². The van der Waals surface area contributed by atoms with Crippen LogP contribution in [-0.4, -0.2) is 0 Å². The Bertz CT molecular complexity index is 1120. The standard InChI is InChI=1S/C27H24N2/c1-17-3-7-19(8-4-17)27(20-9-5-18(2)6-10-20)25-15-21(28)11-13-23(25)24-14-12-22(29)16-26(24)27/h3-16H,28-29H2,1-2H3. The van der Waals surface area contributed by atoms with Crippen molar-refractivity contribution < 1.29 is 0 Å². The Balaban J connectivity index is 1.97. The molecule has 142 valence electrons. The summed E-state index contributed by atoms with van der Waals surface area (Å²) in [5.41, 5.74) is 23.5. The van der Waals surface area contributed by atoms with E-state index in [-0.39, 0.29) is 0 Å². The van der Waals surface area contributed by atoms with Gasteiger partial charge in [0.05, 0.1) is 5.41 Å². The quantitative estimate of drug-likeness (QED) is 0.381. The van der Waals surface area contributed by atoms with E-state index in [1.54, 1.807) is 0 Å². The Morgan fingerprint density at radius 2 is 0.897 bits per heavy atom. The van der Waals surface area contributed by atoms with Crippen molar-refractivity contribution in [2.24, 2.45) is 0 Å². The molecule has 0 amide bonds. The van der Waals surface area contributed by atoms with Gasteiger partial charge in [-0.15, -0.1) is 0 Å². The molecule has 0 aromatic heterocycles. The molecule has 0 saturated carbocycles. The SMILES string of the molecule is Cc1ccc(C2(c3ccc(C)cc3)c3cc(N)ccc3-c3ccc(N)cc32)cc1. The summed E-state index contributed by atoms with van der Waals surface area (Å²) < 4.78 is 0. The average molecular weight is 377 g/mol. The second-order valence-electron chi connectivity index (χ2n) is 8.09. The minimum Gasteiger partial charge on any atom is -0.399 e. The summed E-state index contributed by atoms with van der Waals surface area (Å²) in [4.78, 5) is 0. The molecule has 0 spiro atoms. The smallest absolute Gasteiger partial charge is 0.0715 e. The second kappa shape index (κ2) is 6.25. The van der Waals surface area contributed by atoms with Gasteiger partial charge in [-0.3, -0.25) is 0 Å². The zero-order chi connectivity index (χ0) is 20.2. The van der Waals surface area contributed by atoms with Gasteiger partial charge in [0.25, 0.3) is 0 Å². The van der Waals surface area contributed by atoms with Crippen molar-refractivity contribution in [1.82, 2.24) is 0 Å². The van der Waals surface area contributed by atoms with E-state index in [0.29, 0.717) is 0 Å². The molecule has 1 aliphatic carbocycles. The Labute approximate surface area is 171 Å². The van der Waals surface area contributed by atoms with Gasteiger partial charge in [0.15, 0.2) is 0 Å². The van der Waals surface area contributed by atoms with Crippen LogP contribution in [0, 0.1) is 13.8 Å². The number of aryl methyl sites for hydroxylation is 2. The number of nitrogens with two attached hydrogens (primary N) is 2. The van der Waals surface area contributed by atoms with E-state index in [0.717, 1.165) is 11.4 Å². The molecule has 0 radical (unpaired) electrons. The Kier molecular flexibility index (Phi) is 3.78. The third kappa shape index (κ3) is 2.49. The predicted molar refractivity (Wildman–Crippen MR) is 122 cm³/mol. The van der Waals surface area contributed by atoms with E-state index in [9.17, 15) is 0 Å². The Morgan fingerprint density at radius 1 is 0.517 bits per heavy atom. The van der Waals surface area contributed by atoms with Crippen LogP contribution in [0.25, 0.3) is 11.1 Å². The van der Waals surface area contributed by atoms with Crippen molar-refractivity contribution in [3.05, 3.63) is 118 Å². The number of anilines is 2. The van der Waals surface area contributed by atoms with Gasteiger partial charge in [-0.1, -0.05) is 71.8 Å². The van der Waals surface area contributed by atoms with Crippen molar-refractivity contribution in [2.45, 2.75) is 19.3 Å². The van der Waals surface area contributed by atoms with E-state index < -0.39 is 5.41 Å². The van der Waals surface area contributed by atoms with Crippen molar-refractivity contribution in [3.8, 4) is 11.1 Å². The first-order valence-corrected chi connectivity index (χ1v) is 9.95. The minimum absolute atomic E-state index is 0.448. The molecule has 0 saturated heterocycles. The van der Waals surface area contributed by atoms with Crippen LogP contribution in [0.3, 0.4) is 0 Å². The van der Waals surface area contributed by atoms with Crippen molar-refractivity contribution in [1.29, 1.82) is 0 Å². The lowest BCUT2D eigenvalue weighted by Gasteiger charge is -2.34. The maximum Gasteiger partial charge on any atom is 0.0715 e. The molecule has 5 rings (SSSR count). The third-order valence-electron chi connectivity index (χ3n) is 6.15. The van der Waals surface area contributed by atoms with Gasteiger partial charge in [-0.05, 0) is 71.5 Å². The molecule has 4 N–H and O–H groups in total. The molecule has 4 aromatic carbocycles. The van der Waals surface area contributed by atoms with E-state index in [4.69, 9.17) is 11.5 Å². The van der Waals surface area contributed by atoms with Gasteiger partial charge < -0.3 is 11.5 Å². The number of hydrogen-bond donors (Lipinski definition) is 2. The zero-order valence-corrected chi connectivity index (χ0v) is 16.7. The first-order chi connectivity index (χ1) is 14.0. The summed E-state index contributed by atoms with van der Waals surface area (Å²) in [6, 6.07) is 30.2. The average Bonchev–Trinajstić information content (AvgIpc) is 2.99. The Hall–Kier alpha value is -3.52. The largest absolute Gasteiger partial charge is 0.399 e. The van der Waals surface area contributed by atoms with Crippen molar-refractivity contribution >= 4 is 11.4 Å². The zero-order valence-electron chi connectivity index (χ0n) is 16.7. The van der Waals surface area contributed by atoms with E-state index in [1.807, 2.05) is 12.1 Å². The third-order valence-corrected chi connectivity index (χ3v) is 6.15. The summed E-state index contributed by atoms with van der Waals surface area (Å²) in [6.45, 7) is 4.24.